The average molecular weight is 389 g/mol. The van der Waals surface area contributed by atoms with Crippen molar-refractivity contribution < 1.29 is 14.7 Å². The van der Waals surface area contributed by atoms with Crippen LogP contribution in [-0.4, -0.2) is 55.5 Å². The molecular formula is C21H19N5O3. The summed E-state index contributed by atoms with van der Waals surface area (Å²) in [6.07, 6.45) is 2.10. The Labute approximate surface area is 167 Å². The molecule has 1 aliphatic heterocycles. The van der Waals surface area contributed by atoms with Crippen molar-refractivity contribution in [1.82, 2.24) is 19.4 Å². The minimum absolute atomic E-state index is 0.0697. The van der Waals surface area contributed by atoms with E-state index in [0.29, 0.717) is 23.4 Å². The van der Waals surface area contributed by atoms with Gasteiger partial charge in [-0.1, -0.05) is 24.0 Å². The number of amides is 2. The normalized spacial score (nSPS) is 18.7. The fraction of sp³-hybridized carbons (Fsp3) is 0.238. The van der Waals surface area contributed by atoms with E-state index >= 15 is 0 Å². The van der Waals surface area contributed by atoms with E-state index in [1.165, 1.54) is 4.90 Å². The minimum atomic E-state index is -1.66. The highest BCUT2D eigenvalue weighted by Crippen LogP contribution is 2.27. The molecular weight excluding hydrogens is 370 g/mol. The first kappa shape index (κ1) is 18.7. The molecule has 1 fully saturated rings. The summed E-state index contributed by atoms with van der Waals surface area (Å²) in [6, 6.07) is 9.07. The molecule has 1 atom stereocenters. The molecule has 0 radical (unpaired) electrons. The number of rotatable bonds is 2. The first-order chi connectivity index (χ1) is 13.8. The van der Waals surface area contributed by atoms with E-state index in [0.717, 1.165) is 10.9 Å². The smallest absolute Gasteiger partial charge is 0.286 e. The summed E-state index contributed by atoms with van der Waals surface area (Å²) in [4.78, 5) is 33.8. The van der Waals surface area contributed by atoms with E-state index in [1.54, 1.807) is 29.8 Å². The maximum absolute atomic E-state index is 12.1. The summed E-state index contributed by atoms with van der Waals surface area (Å²) < 4.78 is 1.79. The second-order valence-corrected chi connectivity index (χ2v) is 7.09. The van der Waals surface area contributed by atoms with Crippen molar-refractivity contribution in [3.63, 3.8) is 0 Å². The summed E-state index contributed by atoms with van der Waals surface area (Å²) in [5, 5.41) is 11.3. The Morgan fingerprint density at radius 1 is 1.28 bits per heavy atom. The summed E-state index contributed by atoms with van der Waals surface area (Å²) >= 11 is 0. The van der Waals surface area contributed by atoms with Crippen LogP contribution in [0.4, 0.5) is 0 Å². The van der Waals surface area contributed by atoms with Crippen LogP contribution in [0.2, 0.25) is 0 Å². The lowest BCUT2D eigenvalue weighted by Crippen LogP contribution is -2.37. The Balaban J connectivity index is 1.79. The van der Waals surface area contributed by atoms with Crippen LogP contribution in [0.1, 0.15) is 22.6 Å². The van der Waals surface area contributed by atoms with E-state index in [1.807, 2.05) is 25.4 Å². The maximum Gasteiger partial charge on any atom is 0.286 e. The molecule has 2 aromatic heterocycles. The minimum Gasteiger partial charge on any atom is -0.369 e. The van der Waals surface area contributed by atoms with Crippen LogP contribution in [0.15, 0.2) is 36.5 Å². The van der Waals surface area contributed by atoms with Crippen LogP contribution in [-0.2, 0) is 11.8 Å². The van der Waals surface area contributed by atoms with Gasteiger partial charge >= 0.3 is 0 Å². The average Bonchev–Trinajstić information content (AvgIpc) is 3.21. The van der Waals surface area contributed by atoms with Crippen LogP contribution < -0.4 is 5.73 Å². The molecule has 3 N–H and O–H groups in total. The number of benzene rings is 1. The van der Waals surface area contributed by atoms with Gasteiger partial charge in [0.15, 0.2) is 0 Å². The Morgan fingerprint density at radius 2 is 2.07 bits per heavy atom. The number of carbonyl (C=O) groups is 2. The molecule has 0 spiro atoms. The van der Waals surface area contributed by atoms with E-state index in [-0.39, 0.29) is 12.2 Å². The lowest BCUT2D eigenvalue weighted by Gasteiger charge is -2.13. The standard InChI is InChI=1S/C21H19N5O3/c1-25-10-7-15-16(23-18(17(22)27)24-19(15)25)14-5-3-4-13(12-14)6-8-21(29)9-11-26(2)20(21)28/h3-5,7,10,12,29H,9,11H2,1-2H3,(H2,22,27)/t21-/m0/s1. The fourth-order valence-corrected chi connectivity index (χ4v) is 3.36. The third-order valence-corrected chi connectivity index (χ3v) is 5.00. The molecule has 1 aliphatic rings. The number of aryl methyl sites for hydroxylation is 1. The van der Waals surface area contributed by atoms with Crippen LogP contribution >= 0.6 is 0 Å². The predicted molar refractivity (Wildman–Crippen MR) is 107 cm³/mol. The van der Waals surface area contributed by atoms with Crippen LogP contribution in [0.3, 0.4) is 0 Å². The van der Waals surface area contributed by atoms with Crippen molar-refractivity contribution in [3.05, 3.63) is 47.9 Å². The molecule has 3 heterocycles. The SMILES string of the molecule is CN1CC[C@@](O)(C#Cc2cccc(-c3nc(C(N)=O)nc4c3ccn4C)c2)C1=O. The zero-order valence-electron chi connectivity index (χ0n) is 16.0. The number of likely N-dealkylation sites (tertiary alicyclic amines) is 1. The number of nitrogens with two attached hydrogens (primary N) is 1. The first-order valence-electron chi connectivity index (χ1n) is 9.03. The molecule has 0 bridgehead atoms. The van der Waals surface area contributed by atoms with Gasteiger partial charge in [0.25, 0.3) is 11.8 Å². The third kappa shape index (κ3) is 3.22. The van der Waals surface area contributed by atoms with Crippen molar-refractivity contribution in [2.75, 3.05) is 13.6 Å². The van der Waals surface area contributed by atoms with Gasteiger partial charge in [0.1, 0.15) is 5.65 Å². The monoisotopic (exact) mass is 389 g/mol. The highest BCUT2D eigenvalue weighted by Gasteiger charge is 2.42. The summed E-state index contributed by atoms with van der Waals surface area (Å²) in [5.41, 5.74) is 6.22. The van der Waals surface area contributed by atoms with E-state index in [2.05, 4.69) is 21.8 Å². The number of likely N-dealkylation sites (N-methyl/N-ethyl adjacent to an activating group) is 1. The topological polar surface area (TPSA) is 114 Å². The number of hydrogen-bond donors (Lipinski definition) is 2. The largest absolute Gasteiger partial charge is 0.369 e. The molecule has 8 nitrogen and oxygen atoms in total. The molecule has 146 valence electrons. The number of primary amides is 1. The van der Waals surface area contributed by atoms with Gasteiger partial charge < -0.3 is 20.3 Å². The number of aliphatic hydroxyl groups is 1. The number of aromatic nitrogens is 3. The molecule has 4 rings (SSSR count). The number of nitrogens with zero attached hydrogens (tertiary/aromatic N) is 4. The molecule has 2 amide bonds. The van der Waals surface area contributed by atoms with Gasteiger partial charge in [0, 0.05) is 49.8 Å². The number of hydrogen-bond acceptors (Lipinski definition) is 5. The van der Waals surface area contributed by atoms with Gasteiger partial charge in [-0.2, -0.15) is 0 Å². The molecule has 1 aromatic carbocycles. The van der Waals surface area contributed by atoms with Crippen LogP contribution in [0, 0.1) is 11.8 Å². The molecule has 0 saturated carbocycles. The van der Waals surface area contributed by atoms with Gasteiger partial charge in [-0.3, -0.25) is 9.59 Å². The quantitative estimate of drug-likeness (QED) is 0.626. The van der Waals surface area contributed by atoms with E-state index in [9.17, 15) is 14.7 Å². The first-order valence-corrected chi connectivity index (χ1v) is 9.03. The third-order valence-electron chi connectivity index (χ3n) is 5.00. The summed E-state index contributed by atoms with van der Waals surface area (Å²) in [5.74, 6) is 4.42. The Kier molecular flexibility index (Phi) is 4.32. The molecule has 3 aromatic rings. The van der Waals surface area contributed by atoms with Crippen LogP contribution in [0.25, 0.3) is 22.3 Å². The second-order valence-electron chi connectivity index (χ2n) is 7.09. The Hall–Kier alpha value is -3.70. The molecule has 0 aliphatic carbocycles. The molecule has 1 saturated heterocycles. The van der Waals surface area contributed by atoms with Crippen molar-refractivity contribution in [1.29, 1.82) is 0 Å². The number of fused-ring (bicyclic) bond motifs is 1. The lowest BCUT2D eigenvalue weighted by atomic mass is 10.0. The van der Waals surface area contributed by atoms with Gasteiger partial charge in [0.05, 0.1) is 5.69 Å². The highest BCUT2D eigenvalue weighted by atomic mass is 16.3. The Morgan fingerprint density at radius 3 is 2.76 bits per heavy atom. The van der Waals surface area contributed by atoms with Crippen molar-refractivity contribution in [2.24, 2.45) is 12.8 Å². The predicted octanol–water partition coefficient (Wildman–Crippen LogP) is 0.679. The highest BCUT2D eigenvalue weighted by molar-refractivity contribution is 5.96. The molecule has 29 heavy (non-hydrogen) atoms. The van der Waals surface area contributed by atoms with Crippen LogP contribution in [0.5, 0.6) is 0 Å². The van der Waals surface area contributed by atoms with E-state index in [4.69, 9.17) is 5.73 Å². The van der Waals surface area contributed by atoms with Gasteiger partial charge in [-0.25, -0.2) is 9.97 Å². The fourth-order valence-electron chi connectivity index (χ4n) is 3.36. The van der Waals surface area contributed by atoms with Gasteiger partial charge in [0.2, 0.25) is 11.4 Å². The van der Waals surface area contributed by atoms with Gasteiger partial charge in [-0.05, 0) is 18.2 Å². The van der Waals surface area contributed by atoms with Crippen molar-refractivity contribution in [3.8, 4) is 23.1 Å². The van der Waals surface area contributed by atoms with Crippen molar-refractivity contribution in [2.45, 2.75) is 12.0 Å². The maximum atomic E-state index is 12.1. The Bertz CT molecular complexity index is 1220. The van der Waals surface area contributed by atoms with E-state index < -0.39 is 17.4 Å². The van der Waals surface area contributed by atoms with Gasteiger partial charge in [-0.15, -0.1) is 0 Å². The second kappa shape index (κ2) is 6.72. The lowest BCUT2D eigenvalue weighted by molar-refractivity contribution is -0.137. The molecule has 8 heteroatoms. The summed E-state index contributed by atoms with van der Waals surface area (Å²) in [6.45, 7) is 0.465. The zero-order chi connectivity index (χ0) is 20.8. The van der Waals surface area contributed by atoms with Crippen molar-refractivity contribution >= 4 is 22.8 Å². The summed E-state index contributed by atoms with van der Waals surface area (Å²) in [7, 11) is 3.46. The molecule has 0 unspecified atom stereocenters. The number of carbonyl (C=O) groups excluding carboxylic acids is 2. The zero-order valence-corrected chi connectivity index (χ0v) is 16.0.